The summed E-state index contributed by atoms with van der Waals surface area (Å²) in [5.74, 6) is -0.493. The summed E-state index contributed by atoms with van der Waals surface area (Å²) in [5, 5.41) is 13.8. The van der Waals surface area contributed by atoms with Gasteiger partial charge in [-0.2, -0.15) is 0 Å². The molecule has 3 N–H and O–H groups in total. The summed E-state index contributed by atoms with van der Waals surface area (Å²) in [5.41, 5.74) is 3.23. The van der Waals surface area contributed by atoms with Crippen LogP contribution >= 0.6 is 0 Å². The van der Waals surface area contributed by atoms with Crippen LogP contribution in [0.15, 0.2) is 48.7 Å². The van der Waals surface area contributed by atoms with Crippen molar-refractivity contribution in [2.75, 3.05) is 20.7 Å². The minimum absolute atomic E-state index is 0.0846. The monoisotopic (exact) mass is 433 g/mol. The number of alkyl carbamates (subject to hydrolysis) is 1. The molecule has 1 aliphatic heterocycles. The van der Waals surface area contributed by atoms with Gasteiger partial charge in [0.15, 0.2) is 0 Å². The normalized spacial score (nSPS) is 24.9. The van der Waals surface area contributed by atoms with E-state index in [0.29, 0.717) is 23.9 Å². The molecule has 166 valence electrons. The summed E-state index contributed by atoms with van der Waals surface area (Å²) in [6.45, 7) is 0.0846. The van der Waals surface area contributed by atoms with Crippen molar-refractivity contribution in [3.05, 3.63) is 70.9 Å². The number of aromatic nitrogens is 1. The van der Waals surface area contributed by atoms with Crippen LogP contribution < -0.4 is 5.32 Å². The molecule has 0 unspecified atom stereocenters. The lowest BCUT2D eigenvalue weighted by Crippen LogP contribution is -2.43. The third-order valence-electron chi connectivity index (χ3n) is 7.03. The third kappa shape index (κ3) is 3.42. The third-order valence-corrected chi connectivity index (χ3v) is 7.03. The van der Waals surface area contributed by atoms with Gasteiger partial charge in [0, 0.05) is 29.6 Å². The molecule has 2 heterocycles. The molecule has 3 aromatic rings. The number of aromatic amines is 1. The second-order valence-corrected chi connectivity index (χ2v) is 9.22. The number of fused-ring (bicyclic) bond motifs is 1. The Labute approximate surface area is 186 Å². The predicted molar refractivity (Wildman–Crippen MR) is 121 cm³/mol. The Hall–Kier alpha value is -3.32. The largest absolute Gasteiger partial charge is 0.478 e. The Balaban J connectivity index is 1.50. The summed E-state index contributed by atoms with van der Waals surface area (Å²) in [6.07, 6.45) is 4.31. The molecule has 1 saturated heterocycles. The highest BCUT2D eigenvalue weighted by Crippen LogP contribution is 2.42. The smallest absolute Gasteiger partial charge is 0.408 e. The maximum atomic E-state index is 12.1. The highest BCUT2D eigenvalue weighted by atomic mass is 16.6. The molecule has 0 radical (unpaired) electrons. The standard InChI is InChI=1S/C25H27N3O4/c1-28(2)17-10-16(11-17)20-13-26-22-8-7-15(9-19(20)22)12-25(14-32-24(31)27-25)21-6-4-3-5-18(21)23(29)30/h3-9,13,16-17,26H,10-12,14H2,1-2H3,(H,27,31)(H,29,30)/t16-,17-,25-/m0/s1. The Morgan fingerprint density at radius 1 is 1.22 bits per heavy atom. The number of carbonyl (C=O) groups excluding carboxylic acids is 1. The van der Waals surface area contributed by atoms with Crippen LogP contribution in [0.3, 0.4) is 0 Å². The number of amides is 1. The number of aromatic carboxylic acids is 1. The topological polar surface area (TPSA) is 94.7 Å². The summed E-state index contributed by atoms with van der Waals surface area (Å²) < 4.78 is 5.27. The maximum Gasteiger partial charge on any atom is 0.408 e. The van der Waals surface area contributed by atoms with E-state index in [-0.39, 0.29) is 12.2 Å². The highest BCUT2D eigenvalue weighted by molar-refractivity contribution is 5.90. The van der Waals surface area contributed by atoms with Gasteiger partial charge in [-0.15, -0.1) is 0 Å². The fourth-order valence-electron chi connectivity index (χ4n) is 5.13. The molecular weight excluding hydrogens is 406 g/mol. The van der Waals surface area contributed by atoms with Gasteiger partial charge < -0.3 is 25.0 Å². The zero-order valence-corrected chi connectivity index (χ0v) is 18.2. The van der Waals surface area contributed by atoms with Crippen molar-refractivity contribution in [1.29, 1.82) is 0 Å². The van der Waals surface area contributed by atoms with Gasteiger partial charge in [0.25, 0.3) is 0 Å². The van der Waals surface area contributed by atoms with Crippen molar-refractivity contribution in [3.63, 3.8) is 0 Å². The van der Waals surface area contributed by atoms with Crippen LogP contribution in [0.25, 0.3) is 10.9 Å². The van der Waals surface area contributed by atoms with Gasteiger partial charge in [-0.05, 0) is 67.7 Å². The number of carbonyl (C=O) groups is 2. The fourth-order valence-corrected chi connectivity index (χ4v) is 5.13. The molecule has 1 saturated carbocycles. The van der Waals surface area contributed by atoms with Gasteiger partial charge in [0.2, 0.25) is 0 Å². The van der Waals surface area contributed by atoms with Crippen LogP contribution in [0, 0.1) is 0 Å². The Kier molecular flexibility index (Phi) is 4.93. The average Bonchev–Trinajstić information content (AvgIpc) is 3.31. The molecule has 0 bridgehead atoms. The van der Waals surface area contributed by atoms with Gasteiger partial charge in [0.1, 0.15) is 12.1 Å². The maximum absolute atomic E-state index is 12.1. The second-order valence-electron chi connectivity index (χ2n) is 9.22. The van der Waals surface area contributed by atoms with Crippen LogP contribution in [0.5, 0.6) is 0 Å². The SMILES string of the molecule is CN(C)[C@H]1C[C@H](c2c[nH]c3ccc(C[C@@]4(c5ccccc5C(=O)O)COC(=O)N4)cc32)C1. The number of rotatable bonds is 6. The number of carboxylic acids is 1. The first kappa shape index (κ1) is 20.6. The van der Waals surface area contributed by atoms with Crippen LogP contribution in [0.4, 0.5) is 4.79 Å². The van der Waals surface area contributed by atoms with E-state index in [0.717, 1.165) is 23.9 Å². The second kappa shape index (κ2) is 7.67. The van der Waals surface area contributed by atoms with Crippen molar-refractivity contribution in [1.82, 2.24) is 15.2 Å². The first-order chi connectivity index (χ1) is 15.4. The fraction of sp³-hybridized carbons (Fsp3) is 0.360. The quantitative estimate of drug-likeness (QED) is 0.549. The van der Waals surface area contributed by atoms with E-state index < -0.39 is 17.6 Å². The number of ether oxygens (including phenoxy) is 1. The van der Waals surface area contributed by atoms with Crippen molar-refractivity contribution >= 4 is 23.0 Å². The minimum atomic E-state index is -1.02. The Morgan fingerprint density at radius 2 is 2.00 bits per heavy atom. The van der Waals surface area contributed by atoms with E-state index in [9.17, 15) is 14.7 Å². The molecule has 5 rings (SSSR count). The molecule has 2 aliphatic rings. The van der Waals surface area contributed by atoms with E-state index in [1.165, 1.54) is 10.9 Å². The summed E-state index contributed by atoms with van der Waals surface area (Å²) in [6, 6.07) is 13.7. The number of carboxylic acid groups (broad SMARTS) is 1. The van der Waals surface area contributed by atoms with Gasteiger partial charge in [-0.25, -0.2) is 9.59 Å². The average molecular weight is 434 g/mol. The van der Waals surface area contributed by atoms with E-state index in [1.54, 1.807) is 24.3 Å². The minimum Gasteiger partial charge on any atom is -0.478 e. The molecule has 2 fully saturated rings. The highest BCUT2D eigenvalue weighted by Gasteiger charge is 2.43. The lowest BCUT2D eigenvalue weighted by Gasteiger charge is -2.39. The van der Waals surface area contributed by atoms with Crippen LogP contribution in [-0.2, 0) is 16.7 Å². The van der Waals surface area contributed by atoms with E-state index in [1.807, 2.05) is 6.07 Å². The molecule has 7 nitrogen and oxygen atoms in total. The van der Waals surface area contributed by atoms with E-state index in [4.69, 9.17) is 4.74 Å². The summed E-state index contributed by atoms with van der Waals surface area (Å²) >= 11 is 0. The number of cyclic esters (lactones) is 1. The van der Waals surface area contributed by atoms with Crippen LogP contribution in [0.1, 0.15) is 45.8 Å². The van der Waals surface area contributed by atoms with Gasteiger partial charge in [-0.1, -0.05) is 24.3 Å². The predicted octanol–water partition coefficient (Wildman–Crippen LogP) is 3.85. The van der Waals surface area contributed by atoms with Crippen molar-refractivity contribution in [2.24, 2.45) is 0 Å². The number of benzene rings is 2. The molecule has 32 heavy (non-hydrogen) atoms. The Bertz CT molecular complexity index is 1190. The number of nitrogens with one attached hydrogen (secondary N) is 2. The lowest BCUT2D eigenvalue weighted by atomic mass is 9.75. The molecule has 0 spiro atoms. The molecule has 2 aromatic carbocycles. The Morgan fingerprint density at radius 3 is 2.69 bits per heavy atom. The van der Waals surface area contributed by atoms with Gasteiger partial charge in [0.05, 0.1) is 5.56 Å². The number of hydrogen-bond acceptors (Lipinski definition) is 4. The van der Waals surface area contributed by atoms with Crippen molar-refractivity contribution in [2.45, 2.75) is 36.8 Å². The zero-order chi connectivity index (χ0) is 22.5. The molecule has 7 heteroatoms. The van der Waals surface area contributed by atoms with Gasteiger partial charge >= 0.3 is 12.1 Å². The van der Waals surface area contributed by atoms with E-state index >= 15 is 0 Å². The molecule has 1 amide bonds. The van der Waals surface area contributed by atoms with Crippen molar-refractivity contribution < 1.29 is 19.4 Å². The zero-order valence-electron chi connectivity index (χ0n) is 18.2. The first-order valence-corrected chi connectivity index (χ1v) is 10.9. The number of H-pyrrole nitrogens is 1. The summed E-state index contributed by atoms with van der Waals surface area (Å²) in [7, 11) is 4.25. The summed E-state index contributed by atoms with van der Waals surface area (Å²) in [4.78, 5) is 29.6. The number of hydrogen-bond donors (Lipinski definition) is 3. The van der Waals surface area contributed by atoms with E-state index in [2.05, 4.69) is 47.6 Å². The molecular formula is C25H27N3O4. The van der Waals surface area contributed by atoms with Crippen LogP contribution in [0.2, 0.25) is 0 Å². The molecule has 1 aliphatic carbocycles. The first-order valence-electron chi connectivity index (χ1n) is 10.9. The van der Waals surface area contributed by atoms with Crippen molar-refractivity contribution in [3.8, 4) is 0 Å². The lowest BCUT2D eigenvalue weighted by molar-refractivity contribution is 0.0692. The number of nitrogens with zero attached hydrogens (tertiary/aromatic N) is 1. The van der Waals surface area contributed by atoms with Gasteiger partial charge in [-0.3, -0.25) is 0 Å². The van der Waals surface area contributed by atoms with Crippen LogP contribution in [-0.4, -0.2) is 53.8 Å². The molecule has 1 aromatic heterocycles. The molecule has 1 atom stereocenters.